The first kappa shape index (κ1) is 13.3. The van der Waals surface area contributed by atoms with Crippen LogP contribution in [0.5, 0.6) is 0 Å². The van der Waals surface area contributed by atoms with Crippen LogP contribution >= 0.6 is 0 Å². The molecule has 2 N–H and O–H groups in total. The molecule has 5 heteroatoms. The van der Waals surface area contributed by atoms with Gasteiger partial charge in [0.2, 0.25) is 5.91 Å². The molecule has 21 heavy (non-hydrogen) atoms. The van der Waals surface area contributed by atoms with Gasteiger partial charge in [-0.05, 0) is 58.0 Å². The molecule has 3 heterocycles. The molecule has 0 bridgehead atoms. The van der Waals surface area contributed by atoms with Crippen LogP contribution in [0, 0.1) is 17.8 Å². The van der Waals surface area contributed by atoms with E-state index in [0.29, 0.717) is 11.8 Å². The molecule has 114 valence electrons. The van der Waals surface area contributed by atoms with Crippen LogP contribution in [0.4, 0.5) is 0 Å². The van der Waals surface area contributed by atoms with Crippen molar-refractivity contribution >= 4 is 5.91 Å². The zero-order chi connectivity index (χ0) is 14.6. The van der Waals surface area contributed by atoms with Crippen LogP contribution < -0.4 is 10.6 Å². The largest absolute Gasteiger partial charge is 0.347 e. The summed E-state index contributed by atoms with van der Waals surface area (Å²) in [5.41, 5.74) is 2.18. The van der Waals surface area contributed by atoms with E-state index in [1.807, 2.05) is 6.20 Å². The summed E-state index contributed by atoms with van der Waals surface area (Å²) in [6, 6.07) is 0. The first-order valence-corrected chi connectivity index (χ1v) is 8.16. The maximum atomic E-state index is 12.5. The Hall–Kier alpha value is -1.36. The van der Waals surface area contributed by atoms with Crippen LogP contribution in [-0.4, -0.2) is 28.8 Å². The number of rotatable bonds is 3. The topological polar surface area (TPSA) is 59.0 Å². The summed E-state index contributed by atoms with van der Waals surface area (Å²) in [5.74, 6) is 1.60. The predicted molar refractivity (Wildman–Crippen MR) is 79.7 cm³/mol. The van der Waals surface area contributed by atoms with Crippen LogP contribution in [0.25, 0.3) is 0 Å². The molecule has 5 nitrogen and oxygen atoms in total. The minimum absolute atomic E-state index is 0.229. The second kappa shape index (κ2) is 4.57. The van der Waals surface area contributed by atoms with Gasteiger partial charge in [-0.3, -0.25) is 9.48 Å². The molecule has 2 aliphatic heterocycles. The van der Waals surface area contributed by atoms with Crippen molar-refractivity contribution in [3.05, 3.63) is 17.5 Å². The highest BCUT2D eigenvalue weighted by atomic mass is 16.2. The first-order chi connectivity index (χ1) is 10.1. The molecule has 1 amide bonds. The fourth-order valence-corrected chi connectivity index (χ4v) is 4.21. The van der Waals surface area contributed by atoms with Gasteiger partial charge in [-0.2, -0.15) is 5.10 Å². The number of hydrogen-bond donors (Lipinski definition) is 2. The van der Waals surface area contributed by atoms with Crippen molar-refractivity contribution in [2.75, 3.05) is 13.1 Å². The Morgan fingerprint density at radius 2 is 2.14 bits per heavy atom. The number of aryl methyl sites for hydroxylation is 1. The average Bonchev–Trinajstić information content (AvgIpc) is 2.82. The van der Waals surface area contributed by atoms with Gasteiger partial charge in [0.05, 0.1) is 11.7 Å². The second-order valence-corrected chi connectivity index (χ2v) is 7.31. The molecule has 0 spiro atoms. The maximum absolute atomic E-state index is 12.5. The average molecular weight is 288 g/mol. The van der Waals surface area contributed by atoms with E-state index in [1.54, 1.807) is 0 Å². The Balaban J connectivity index is 1.51. The van der Waals surface area contributed by atoms with E-state index >= 15 is 0 Å². The van der Waals surface area contributed by atoms with Crippen molar-refractivity contribution < 1.29 is 4.79 Å². The number of piperidine rings is 1. The zero-order valence-electron chi connectivity index (χ0n) is 12.9. The lowest BCUT2D eigenvalue weighted by atomic mass is 9.91. The molecule has 1 aliphatic carbocycles. The lowest BCUT2D eigenvalue weighted by Crippen LogP contribution is -2.43. The Bertz CT molecular complexity index is 567. The van der Waals surface area contributed by atoms with E-state index in [0.717, 1.165) is 26.1 Å². The zero-order valence-corrected chi connectivity index (χ0v) is 12.9. The Morgan fingerprint density at radius 3 is 2.90 bits per heavy atom. The molecule has 0 radical (unpaired) electrons. The molecular weight excluding hydrogens is 264 g/mol. The molecule has 1 aromatic heterocycles. The minimum atomic E-state index is -0.327. The number of fused-ring (bicyclic) bond motifs is 2. The Morgan fingerprint density at radius 1 is 1.38 bits per heavy atom. The summed E-state index contributed by atoms with van der Waals surface area (Å²) in [4.78, 5) is 12.5. The van der Waals surface area contributed by atoms with E-state index in [1.165, 1.54) is 24.1 Å². The van der Waals surface area contributed by atoms with Crippen molar-refractivity contribution in [3.63, 3.8) is 0 Å². The fraction of sp³-hybridized carbons (Fsp3) is 0.750. The summed E-state index contributed by atoms with van der Waals surface area (Å²) in [6.07, 6.45) is 5.46. The maximum Gasteiger partial charge on any atom is 0.224 e. The Kier molecular flexibility index (Phi) is 2.89. The number of carbonyl (C=O) groups excluding carboxylic acids is 1. The molecule has 3 aliphatic rings. The van der Waals surface area contributed by atoms with Crippen LogP contribution in [-0.2, 0) is 23.3 Å². The third kappa shape index (κ3) is 2.09. The van der Waals surface area contributed by atoms with Crippen LogP contribution in [0.15, 0.2) is 6.20 Å². The summed E-state index contributed by atoms with van der Waals surface area (Å²) in [5, 5.41) is 11.1. The van der Waals surface area contributed by atoms with Crippen LogP contribution in [0.2, 0.25) is 0 Å². The molecule has 0 aromatic carbocycles. The lowest BCUT2D eigenvalue weighted by Gasteiger charge is -2.28. The van der Waals surface area contributed by atoms with Crippen molar-refractivity contribution in [3.8, 4) is 0 Å². The number of amides is 1. The van der Waals surface area contributed by atoms with E-state index in [4.69, 9.17) is 0 Å². The SMILES string of the molecule is CC(C)(NC(=O)C1C2CNC[C@@H]21)c1cnn2c1CCCC2. The predicted octanol–water partition coefficient (Wildman–Crippen LogP) is 1.04. The van der Waals surface area contributed by atoms with Gasteiger partial charge in [-0.25, -0.2) is 0 Å². The number of nitrogens with zero attached hydrogens (tertiary/aromatic N) is 2. The molecule has 4 rings (SSSR count). The van der Waals surface area contributed by atoms with Gasteiger partial charge in [0.25, 0.3) is 0 Å². The number of carbonyl (C=O) groups is 1. The normalized spacial score (nSPS) is 30.7. The van der Waals surface area contributed by atoms with Crippen LogP contribution in [0.3, 0.4) is 0 Å². The number of nitrogens with one attached hydrogen (secondary N) is 2. The molecule has 1 saturated heterocycles. The van der Waals surface area contributed by atoms with Crippen LogP contribution in [0.1, 0.15) is 37.9 Å². The van der Waals surface area contributed by atoms with E-state index in [9.17, 15) is 4.79 Å². The quantitative estimate of drug-likeness (QED) is 0.873. The first-order valence-electron chi connectivity index (χ1n) is 8.16. The molecule has 2 fully saturated rings. The van der Waals surface area contributed by atoms with Gasteiger partial charge in [0.1, 0.15) is 0 Å². The molecular formula is C16H24N4O. The van der Waals surface area contributed by atoms with Gasteiger partial charge >= 0.3 is 0 Å². The highest BCUT2D eigenvalue weighted by Gasteiger charge is 2.57. The van der Waals surface area contributed by atoms with E-state index in [-0.39, 0.29) is 17.4 Å². The third-order valence-corrected chi connectivity index (χ3v) is 5.49. The number of aromatic nitrogens is 2. The highest BCUT2D eigenvalue weighted by molar-refractivity contribution is 5.83. The molecule has 3 atom stereocenters. The monoisotopic (exact) mass is 288 g/mol. The van der Waals surface area contributed by atoms with E-state index < -0.39 is 0 Å². The number of hydrogen-bond acceptors (Lipinski definition) is 3. The minimum Gasteiger partial charge on any atom is -0.347 e. The van der Waals surface area contributed by atoms with Crippen molar-refractivity contribution in [2.24, 2.45) is 17.8 Å². The summed E-state index contributed by atoms with van der Waals surface area (Å²) in [7, 11) is 0. The van der Waals surface area contributed by atoms with Crippen molar-refractivity contribution in [2.45, 2.75) is 45.2 Å². The summed E-state index contributed by atoms with van der Waals surface area (Å²) < 4.78 is 2.11. The van der Waals surface area contributed by atoms with Crippen molar-refractivity contribution in [1.29, 1.82) is 0 Å². The van der Waals surface area contributed by atoms with Gasteiger partial charge in [-0.15, -0.1) is 0 Å². The van der Waals surface area contributed by atoms with Gasteiger partial charge in [0.15, 0.2) is 0 Å². The smallest absolute Gasteiger partial charge is 0.224 e. The van der Waals surface area contributed by atoms with Gasteiger partial charge < -0.3 is 10.6 Å². The molecule has 1 saturated carbocycles. The van der Waals surface area contributed by atoms with Gasteiger partial charge in [-0.1, -0.05) is 0 Å². The molecule has 1 aromatic rings. The third-order valence-electron chi connectivity index (χ3n) is 5.49. The van der Waals surface area contributed by atoms with Crippen molar-refractivity contribution in [1.82, 2.24) is 20.4 Å². The second-order valence-electron chi connectivity index (χ2n) is 7.31. The lowest BCUT2D eigenvalue weighted by molar-refractivity contribution is -0.124. The standard InChI is InChI=1S/C16H24N4O/c1-16(2,12-9-18-20-6-4-3-5-13(12)20)19-15(21)14-10-7-17-8-11(10)14/h9-11,14,17H,3-8H2,1-2H3,(H,19,21)/t10-,11?,14?/m0/s1. The summed E-state index contributed by atoms with van der Waals surface area (Å²) in [6.45, 7) is 7.23. The summed E-state index contributed by atoms with van der Waals surface area (Å²) >= 11 is 0. The van der Waals surface area contributed by atoms with E-state index in [2.05, 4.69) is 34.3 Å². The highest BCUT2D eigenvalue weighted by Crippen LogP contribution is 2.49. The fourth-order valence-electron chi connectivity index (χ4n) is 4.21. The molecule has 2 unspecified atom stereocenters. The Labute approximate surface area is 125 Å². The van der Waals surface area contributed by atoms with Gasteiger partial charge in [0, 0.05) is 23.7 Å².